The zero-order valence-electron chi connectivity index (χ0n) is 16.4. The van der Waals surface area contributed by atoms with Crippen LogP contribution < -0.4 is 10.5 Å². The Morgan fingerprint density at radius 1 is 1.33 bits per heavy atom. The molecule has 0 spiro atoms. The van der Waals surface area contributed by atoms with E-state index in [1.807, 2.05) is 0 Å². The molecule has 4 N–H and O–H groups in total. The van der Waals surface area contributed by atoms with E-state index >= 15 is 0 Å². The molecule has 0 fully saturated rings. The lowest BCUT2D eigenvalue weighted by atomic mass is 10.0. The molecule has 1 atom stereocenters. The molecule has 0 radical (unpaired) electrons. The number of aliphatic hydroxyl groups is 1. The number of hydrogen-bond acceptors (Lipinski definition) is 7. The molecule has 158 valence electrons. The number of nitrogens with one attached hydrogen (secondary N) is 1. The number of thiazole rings is 1. The number of thiophene rings is 1. The molecule has 2 amide bonds. The van der Waals surface area contributed by atoms with Crippen LogP contribution in [0.15, 0.2) is 37.9 Å². The highest BCUT2D eigenvalue weighted by Gasteiger charge is 2.24. The first-order chi connectivity index (χ1) is 14.1. The van der Waals surface area contributed by atoms with Gasteiger partial charge in [0.2, 0.25) is 0 Å². The Morgan fingerprint density at radius 2 is 2.13 bits per heavy atom. The van der Waals surface area contributed by atoms with E-state index in [1.54, 1.807) is 37.1 Å². The molecule has 3 aromatic rings. The summed E-state index contributed by atoms with van der Waals surface area (Å²) in [5.41, 5.74) is 4.46. The van der Waals surface area contributed by atoms with Crippen LogP contribution in [-0.4, -0.2) is 25.3 Å². The summed E-state index contributed by atoms with van der Waals surface area (Å²) in [5, 5.41) is 20.5. The molecule has 1 unspecified atom stereocenters. The van der Waals surface area contributed by atoms with Crippen molar-refractivity contribution in [3.63, 3.8) is 0 Å². The van der Waals surface area contributed by atoms with Gasteiger partial charge >= 0.3 is 6.03 Å². The van der Waals surface area contributed by atoms with E-state index in [-0.39, 0.29) is 4.21 Å². The van der Waals surface area contributed by atoms with Gasteiger partial charge in [0.05, 0.1) is 21.7 Å². The van der Waals surface area contributed by atoms with Gasteiger partial charge in [-0.05, 0) is 55.7 Å². The van der Waals surface area contributed by atoms with E-state index in [1.165, 1.54) is 17.4 Å². The molecular formula is C19H21N5O3S3. The third-order valence-electron chi connectivity index (χ3n) is 4.83. The summed E-state index contributed by atoms with van der Waals surface area (Å²) in [5.74, 6) is 0. The molecule has 8 nitrogen and oxygen atoms in total. The Labute approximate surface area is 182 Å². The number of carbonyl (C=O) groups excluding carboxylic acids is 1. The molecule has 0 aromatic carbocycles. The highest BCUT2D eigenvalue weighted by Crippen LogP contribution is 2.37. The summed E-state index contributed by atoms with van der Waals surface area (Å²) in [7, 11) is -3.45. The van der Waals surface area contributed by atoms with E-state index in [2.05, 4.69) is 19.6 Å². The van der Waals surface area contributed by atoms with Crippen LogP contribution in [0.4, 0.5) is 10.5 Å². The lowest BCUT2D eigenvalue weighted by Crippen LogP contribution is -2.18. The Balaban J connectivity index is 1.68. The number of nitrogens with two attached hydrogens (primary N) is 1. The third kappa shape index (κ3) is 4.16. The molecule has 4 rings (SSSR count). The number of rotatable bonds is 4. The van der Waals surface area contributed by atoms with Crippen molar-refractivity contribution < 1.29 is 14.1 Å². The van der Waals surface area contributed by atoms with Crippen LogP contribution in [0.1, 0.15) is 37.1 Å². The van der Waals surface area contributed by atoms with Crippen molar-refractivity contribution in [3.05, 3.63) is 46.2 Å². The van der Waals surface area contributed by atoms with E-state index in [0.29, 0.717) is 11.3 Å². The second-order valence-electron chi connectivity index (χ2n) is 7.49. The maximum absolute atomic E-state index is 12.9. The summed E-state index contributed by atoms with van der Waals surface area (Å²) in [6, 6.07) is 0.739. The summed E-state index contributed by atoms with van der Waals surface area (Å²) in [4.78, 5) is 22.2. The van der Waals surface area contributed by atoms with Gasteiger partial charge in [0.15, 0.2) is 9.92 Å². The highest BCUT2D eigenvalue weighted by atomic mass is 32.2. The second-order valence-corrected chi connectivity index (χ2v) is 11.3. The minimum absolute atomic E-state index is 0.234. The molecule has 11 heteroatoms. The van der Waals surface area contributed by atoms with Crippen LogP contribution in [0.2, 0.25) is 0 Å². The van der Waals surface area contributed by atoms with Crippen LogP contribution >= 0.6 is 22.7 Å². The number of aryl methyl sites for hydroxylation is 1. The maximum Gasteiger partial charge on any atom is 0.354 e. The van der Waals surface area contributed by atoms with Gasteiger partial charge in [0, 0.05) is 23.7 Å². The Kier molecular flexibility index (Phi) is 5.49. The molecule has 3 aromatic heterocycles. The number of aromatic nitrogens is 2. The lowest BCUT2D eigenvalue weighted by Gasteiger charge is -2.14. The second kappa shape index (κ2) is 7.82. The van der Waals surface area contributed by atoms with Crippen LogP contribution in [0.5, 0.6) is 0 Å². The Morgan fingerprint density at radius 3 is 2.80 bits per heavy atom. The van der Waals surface area contributed by atoms with Crippen molar-refractivity contribution in [3.8, 4) is 10.4 Å². The predicted molar refractivity (Wildman–Crippen MR) is 119 cm³/mol. The number of carbonyl (C=O) groups is 1. The van der Waals surface area contributed by atoms with Gasteiger partial charge in [-0.15, -0.1) is 27.0 Å². The summed E-state index contributed by atoms with van der Waals surface area (Å²) >= 11 is 2.54. The number of urea groups is 1. The monoisotopic (exact) mass is 463 g/mol. The van der Waals surface area contributed by atoms with E-state index in [0.717, 1.165) is 52.3 Å². The number of nitrogens with zero attached hydrogens (tertiary/aromatic N) is 3. The van der Waals surface area contributed by atoms with Gasteiger partial charge in [0.25, 0.3) is 0 Å². The van der Waals surface area contributed by atoms with Crippen molar-refractivity contribution in [1.82, 2.24) is 9.97 Å². The standard InChI is InChI=1S/C19H21N5O3S3/c1-19(2,26)11-6-16(28-9-11)30(20,27)24-18(25)23-17-12-4-3-5-14(12)22-7-13(17)15-8-21-10-29-15/h6-10,26H,3-5H2,1-2H3,(H3,20,22,23,24,25,27). The first-order valence-electron chi connectivity index (χ1n) is 9.22. The van der Waals surface area contributed by atoms with Crippen molar-refractivity contribution in [2.45, 2.75) is 42.9 Å². The lowest BCUT2D eigenvalue weighted by molar-refractivity contribution is 0.0789. The molecule has 0 saturated heterocycles. The normalized spacial score (nSPS) is 15.5. The van der Waals surface area contributed by atoms with E-state index < -0.39 is 21.5 Å². The molecule has 30 heavy (non-hydrogen) atoms. The maximum atomic E-state index is 12.9. The molecule has 0 bridgehead atoms. The van der Waals surface area contributed by atoms with Gasteiger partial charge in [0.1, 0.15) is 4.21 Å². The smallest absolute Gasteiger partial charge is 0.354 e. The van der Waals surface area contributed by atoms with Gasteiger partial charge in [-0.1, -0.05) is 0 Å². The van der Waals surface area contributed by atoms with Crippen molar-refractivity contribution in [2.24, 2.45) is 9.50 Å². The van der Waals surface area contributed by atoms with E-state index in [4.69, 9.17) is 5.14 Å². The molecule has 0 aliphatic heterocycles. The first-order valence-corrected chi connectivity index (χ1v) is 12.6. The van der Waals surface area contributed by atoms with Crippen LogP contribution in [-0.2, 0) is 28.4 Å². The summed E-state index contributed by atoms with van der Waals surface area (Å²) < 4.78 is 16.9. The van der Waals surface area contributed by atoms with Gasteiger partial charge in [-0.25, -0.2) is 14.1 Å². The predicted octanol–water partition coefficient (Wildman–Crippen LogP) is 3.92. The van der Waals surface area contributed by atoms with Crippen LogP contribution in [0.3, 0.4) is 0 Å². The van der Waals surface area contributed by atoms with Crippen molar-refractivity contribution >= 4 is 44.3 Å². The molecule has 1 aliphatic carbocycles. The van der Waals surface area contributed by atoms with Gasteiger partial charge < -0.3 is 10.4 Å². The Hall–Kier alpha value is -2.18. The Bertz CT molecular complexity index is 1220. The number of amides is 2. The fraction of sp³-hybridized carbons (Fsp3) is 0.316. The van der Waals surface area contributed by atoms with Gasteiger partial charge in [-0.3, -0.25) is 9.97 Å². The topological polar surface area (TPSA) is 131 Å². The van der Waals surface area contributed by atoms with Crippen LogP contribution in [0, 0.1) is 0 Å². The number of pyridine rings is 1. The van der Waals surface area contributed by atoms with Crippen molar-refractivity contribution in [2.75, 3.05) is 5.32 Å². The summed E-state index contributed by atoms with van der Waals surface area (Å²) in [6.07, 6.45) is 6.04. The minimum Gasteiger partial charge on any atom is -0.386 e. The third-order valence-corrected chi connectivity index (χ3v) is 8.49. The molecule has 1 aliphatic rings. The molecule has 0 saturated carbocycles. The van der Waals surface area contributed by atoms with Crippen molar-refractivity contribution in [1.29, 1.82) is 0 Å². The van der Waals surface area contributed by atoms with Gasteiger partial charge in [-0.2, -0.15) is 0 Å². The number of fused-ring (bicyclic) bond motifs is 1. The zero-order chi connectivity index (χ0) is 21.5. The zero-order valence-corrected chi connectivity index (χ0v) is 18.9. The highest BCUT2D eigenvalue weighted by molar-refractivity contribution is 7.93. The number of anilines is 1. The average molecular weight is 464 g/mol. The largest absolute Gasteiger partial charge is 0.386 e. The minimum atomic E-state index is -3.45. The first kappa shape index (κ1) is 21.1. The molecule has 3 heterocycles. The fourth-order valence-corrected chi connectivity index (χ4v) is 6.19. The molecular weight excluding hydrogens is 442 g/mol. The average Bonchev–Trinajstić information content (AvgIpc) is 3.41. The fourth-order valence-electron chi connectivity index (χ4n) is 3.28. The van der Waals surface area contributed by atoms with Crippen LogP contribution in [0.25, 0.3) is 10.4 Å². The summed E-state index contributed by atoms with van der Waals surface area (Å²) in [6.45, 7) is 3.23. The quantitative estimate of drug-likeness (QED) is 0.540. The van der Waals surface area contributed by atoms with E-state index in [9.17, 15) is 14.1 Å². The number of hydrogen-bond donors (Lipinski definition) is 3. The SMILES string of the molecule is CC(C)(O)c1csc(S(N)(=O)=NC(=O)Nc2c(-c3cncs3)cnc3c2CCC3)c1.